The second kappa shape index (κ2) is 5.76. The van der Waals surface area contributed by atoms with Gasteiger partial charge in [0.05, 0.1) is 10.8 Å². The molecular weight excluding hydrogens is 266 g/mol. The van der Waals surface area contributed by atoms with Gasteiger partial charge in [0.15, 0.2) is 0 Å². The smallest absolute Gasteiger partial charge is 0.234 e. The largest absolute Gasteiger partial charge is 0.368 e. The number of hydrogen-bond donors (Lipinski definition) is 1. The van der Waals surface area contributed by atoms with Gasteiger partial charge in [0.2, 0.25) is 15.9 Å². The number of rotatable bonds is 5. The van der Waals surface area contributed by atoms with Gasteiger partial charge in [-0.3, -0.25) is 9.69 Å². The monoisotopic (exact) mass is 291 g/mol. The summed E-state index contributed by atoms with van der Waals surface area (Å²) in [5.41, 5.74) is 5.34. The molecule has 0 aromatic rings. The van der Waals surface area contributed by atoms with Crippen molar-refractivity contribution in [3.63, 3.8) is 0 Å². The van der Waals surface area contributed by atoms with Crippen molar-refractivity contribution in [1.29, 1.82) is 0 Å². The number of hydrogen-bond acceptors (Lipinski definition) is 4. The van der Waals surface area contributed by atoms with Crippen molar-refractivity contribution in [3.05, 3.63) is 0 Å². The van der Waals surface area contributed by atoms with E-state index >= 15 is 0 Å². The maximum Gasteiger partial charge on any atom is 0.234 e. The predicted molar refractivity (Wildman–Crippen MR) is 75.1 cm³/mol. The van der Waals surface area contributed by atoms with Crippen molar-refractivity contribution in [2.75, 3.05) is 26.7 Å². The van der Waals surface area contributed by atoms with E-state index in [1.165, 1.54) is 4.31 Å². The molecule has 1 rings (SSSR count). The van der Waals surface area contributed by atoms with Crippen LogP contribution in [-0.2, 0) is 14.8 Å². The summed E-state index contributed by atoms with van der Waals surface area (Å²) in [5, 5.41) is 0. The number of nitrogens with zero attached hydrogens (tertiary/aromatic N) is 2. The van der Waals surface area contributed by atoms with Crippen LogP contribution in [0.1, 0.15) is 33.6 Å². The van der Waals surface area contributed by atoms with Gasteiger partial charge in [0.1, 0.15) is 0 Å². The fourth-order valence-corrected chi connectivity index (χ4v) is 3.53. The Morgan fingerprint density at radius 1 is 1.42 bits per heavy atom. The molecule has 1 saturated heterocycles. The summed E-state index contributed by atoms with van der Waals surface area (Å²) in [4.78, 5) is 13.2. The summed E-state index contributed by atoms with van der Waals surface area (Å²) in [6.45, 7) is 6.77. The fraction of sp³-hybridized carbons (Fsp3) is 0.917. The Kier molecular flexibility index (Phi) is 4.97. The minimum absolute atomic E-state index is 0.245. The average Bonchev–Trinajstić information content (AvgIpc) is 2.72. The van der Waals surface area contributed by atoms with Crippen LogP contribution < -0.4 is 5.73 Å². The Morgan fingerprint density at radius 2 is 2.00 bits per heavy atom. The average molecular weight is 291 g/mol. The van der Waals surface area contributed by atoms with Gasteiger partial charge >= 0.3 is 0 Å². The van der Waals surface area contributed by atoms with Gasteiger partial charge in [-0.2, -0.15) is 0 Å². The quantitative estimate of drug-likeness (QED) is 0.772. The molecule has 1 amide bonds. The lowest BCUT2D eigenvalue weighted by Crippen LogP contribution is -2.47. The molecule has 1 fully saturated rings. The van der Waals surface area contributed by atoms with E-state index in [-0.39, 0.29) is 11.9 Å². The molecule has 0 aliphatic carbocycles. The van der Waals surface area contributed by atoms with Crippen LogP contribution in [0.15, 0.2) is 0 Å². The number of likely N-dealkylation sites (tertiary alicyclic amines) is 1. The van der Waals surface area contributed by atoms with E-state index in [9.17, 15) is 13.2 Å². The summed E-state index contributed by atoms with van der Waals surface area (Å²) < 4.78 is 24.9. The van der Waals surface area contributed by atoms with Crippen molar-refractivity contribution >= 4 is 15.9 Å². The lowest BCUT2D eigenvalue weighted by molar-refractivity contribution is -0.122. The predicted octanol–water partition coefficient (Wildman–Crippen LogP) is -0.00380. The molecule has 1 atom stereocenters. The molecule has 7 heteroatoms. The number of amides is 1. The Bertz CT molecular complexity index is 428. The van der Waals surface area contributed by atoms with Gasteiger partial charge in [-0.25, -0.2) is 12.7 Å². The van der Waals surface area contributed by atoms with E-state index in [4.69, 9.17) is 5.73 Å². The number of carbonyl (C=O) groups is 1. The lowest BCUT2D eigenvalue weighted by Gasteiger charge is -2.29. The zero-order chi connectivity index (χ0) is 14.8. The van der Waals surface area contributed by atoms with Crippen molar-refractivity contribution in [3.8, 4) is 0 Å². The van der Waals surface area contributed by atoms with E-state index in [1.807, 2.05) is 4.90 Å². The molecule has 19 heavy (non-hydrogen) atoms. The highest BCUT2D eigenvalue weighted by atomic mass is 32.2. The molecule has 0 unspecified atom stereocenters. The SMILES string of the molecule is CN(CCN1CCC[C@@H]1C(N)=O)S(=O)(=O)C(C)(C)C. The summed E-state index contributed by atoms with van der Waals surface area (Å²) in [7, 11) is -1.74. The molecule has 0 aromatic carbocycles. The third-order valence-electron chi connectivity index (χ3n) is 3.58. The second-order valence-electron chi connectivity index (χ2n) is 6.04. The standard InChI is InChI=1S/C12H25N3O3S/c1-12(2,3)19(17,18)14(4)8-9-15-7-5-6-10(15)11(13)16/h10H,5-9H2,1-4H3,(H2,13,16)/t10-/m1/s1. The van der Waals surface area contributed by atoms with Gasteiger partial charge in [-0.1, -0.05) is 0 Å². The van der Waals surface area contributed by atoms with Crippen molar-refractivity contribution < 1.29 is 13.2 Å². The first-order valence-electron chi connectivity index (χ1n) is 6.56. The highest BCUT2D eigenvalue weighted by Crippen LogP contribution is 2.20. The molecule has 0 spiro atoms. The van der Waals surface area contributed by atoms with Crippen molar-refractivity contribution in [1.82, 2.24) is 9.21 Å². The molecule has 112 valence electrons. The molecule has 6 nitrogen and oxygen atoms in total. The summed E-state index contributed by atoms with van der Waals surface area (Å²) in [5.74, 6) is -0.321. The van der Waals surface area contributed by atoms with Gasteiger partial charge in [0.25, 0.3) is 0 Å². The van der Waals surface area contributed by atoms with Crippen LogP contribution in [0.25, 0.3) is 0 Å². The first-order valence-corrected chi connectivity index (χ1v) is 8.00. The van der Waals surface area contributed by atoms with Gasteiger partial charge < -0.3 is 5.73 Å². The zero-order valence-corrected chi connectivity index (χ0v) is 13.0. The molecule has 1 heterocycles. The highest BCUT2D eigenvalue weighted by Gasteiger charge is 2.34. The molecule has 0 radical (unpaired) electrons. The normalized spacial score (nSPS) is 22.1. The zero-order valence-electron chi connectivity index (χ0n) is 12.2. The fourth-order valence-electron chi connectivity index (χ4n) is 2.27. The van der Waals surface area contributed by atoms with Crippen molar-refractivity contribution in [2.45, 2.75) is 44.4 Å². The van der Waals surface area contributed by atoms with Gasteiger partial charge in [0, 0.05) is 20.1 Å². The number of primary amides is 1. The Morgan fingerprint density at radius 3 is 2.47 bits per heavy atom. The Labute approximate surface area is 116 Å². The summed E-state index contributed by atoms with van der Waals surface area (Å²) in [6, 6.07) is -0.245. The van der Waals surface area contributed by atoms with Crippen molar-refractivity contribution in [2.24, 2.45) is 5.73 Å². The molecule has 2 N–H and O–H groups in total. The Hall–Kier alpha value is -0.660. The van der Waals surface area contributed by atoms with Crippen LogP contribution in [0.3, 0.4) is 0 Å². The minimum atomic E-state index is -3.32. The second-order valence-corrected chi connectivity index (χ2v) is 8.83. The topological polar surface area (TPSA) is 83.7 Å². The maximum atomic E-state index is 12.2. The van der Waals surface area contributed by atoms with E-state index in [0.717, 1.165) is 19.4 Å². The number of nitrogens with two attached hydrogens (primary N) is 1. The first kappa shape index (κ1) is 16.4. The van der Waals surface area contributed by atoms with E-state index < -0.39 is 14.8 Å². The van der Waals surface area contributed by atoms with E-state index in [2.05, 4.69) is 0 Å². The lowest BCUT2D eigenvalue weighted by atomic mass is 10.2. The number of sulfonamides is 1. The van der Waals surface area contributed by atoms with Crippen LogP contribution in [0.4, 0.5) is 0 Å². The number of carbonyl (C=O) groups excluding carboxylic acids is 1. The van der Waals surface area contributed by atoms with Gasteiger partial charge in [-0.15, -0.1) is 0 Å². The van der Waals surface area contributed by atoms with Crippen LogP contribution in [-0.4, -0.2) is 61.0 Å². The number of likely N-dealkylation sites (N-methyl/N-ethyl adjacent to an activating group) is 1. The molecule has 0 saturated carbocycles. The van der Waals surface area contributed by atoms with Gasteiger partial charge in [-0.05, 0) is 40.2 Å². The molecular formula is C12H25N3O3S. The maximum absolute atomic E-state index is 12.2. The van der Waals surface area contributed by atoms with Crippen LogP contribution in [0, 0.1) is 0 Å². The molecule has 0 bridgehead atoms. The molecule has 0 aromatic heterocycles. The third kappa shape index (κ3) is 3.67. The highest BCUT2D eigenvalue weighted by molar-refractivity contribution is 7.90. The third-order valence-corrected chi connectivity index (χ3v) is 6.13. The first-order chi connectivity index (χ1) is 8.57. The van der Waals surface area contributed by atoms with E-state index in [1.54, 1.807) is 27.8 Å². The minimum Gasteiger partial charge on any atom is -0.368 e. The Balaban J connectivity index is 2.60. The molecule has 1 aliphatic rings. The molecule has 1 aliphatic heterocycles. The van der Waals surface area contributed by atoms with Crippen LogP contribution in [0.2, 0.25) is 0 Å². The van der Waals surface area contributed by atoms with Crippen LogP contribution in [0.5, 0.6) is 0 Å². The summed E-state index contributed by atoms with van der Waals surface area (Å²) >= 11 is 0. The van der Waals surface area contributed by atoms with E-state index in [0.29, 0.717) is 13.1 Å². The van der Waals surface area contributed by atoms with Crippen LogP contribution >= 0.6 is 0 Å². The summed E-state index contributed by atoms with van der Waals surface area (Å²) in [6.07, 6.45) is 1.70.